The Morgan fingerprint density at radius 1 is 1.12 bits per heavy atom. The van der Waals surface area contributed by atoms with Crippen LogP contribution >= 0.6 is 28.1 Å². The number of benzene rings is 2. The molecule has 0 aromatic heterocycles. The highest BCUT2D eigenvalue weighted by Crippen LogP contribution is 2.23. The SMILES string of the molecule is C=CCN(CC=C)S(=O)(=O)c1ccc(NC(=S)NC(=O)c2cc(Br)ccc2OCCOC)cc1. The Morgan fingerprint density at radius 3 is 2.35 bits per heavy atom. The normalized spacial score (nSPS) is 11.0. The maximum atomic E-state index is 12.8. The van der Waals surface area contributed by atoms with E-state index in [1.54, 1.807) is 37.4 Å². The van der Waals surface area contributed by atoms with Crippen LogP contribution in [0.2, 0.25) is 0 Å². The molecule has 182 valence electrons. The van der Waals surface area contributed by atoms with Crippen LogP contribution in [0.5, 0.6) is 5.75 Å². The number of rotatable bonds is 12. The van der Waals surface area contributed by atoms with Crippen LogP contribution in [0.3, 0.4) is 0 Å². The van der Waals surface area contributed by atoms with Gasteiger partial charge < -0.3 is 14.8 Å². The minimum atomic E-state index is -3.71. The summed E-state index contributed by atoms with van der Waals surface area (Å²) in [5.41, 5.74) is 0.801. The number of nitrogens with zero attached hydrogens (tertiary/aromatic N) is 1. The van der Waals surface area contributed by atoms with Gasteiger partial charge in [0.05, 0.1) is 17.1 Å². The molecular formula is C23H26BrN3O5S2. The van der Waals surface area contributed by atoms with Crippen molar-refractivity contribution in [3.05, 3.63) is 77.8 Å². The van der Waals surface area contributed by atoms with Crippen molar-refractivity contribution in [1.29, 1.82) is 0 Å². The second-order valence-electron chi connectivity index (χ2n) is 6.81. The molecule has 0 bridgehead atoms. The van der Waals surface area contributed by atoms with Crippen molar-refractivity contribution in [2.45, 2.75) is 4.90 Å². The highest BCUT2D eigenvalue weighted by molar-refractivity contribution is 9.10. The molecule has 2 rings (SSSR count). The second kappa shape index (κ2) is 13.4. The van der Waals surface area contributed by atoms with Crippen LogP contribution in [-0.4, -0.2) is 57.2 Å². The first kappa shape index (κ1) is 27.7. The Hall–Kier alpha value is -2.57. The maximum Gasteiger partial charge on any atom is 0.261 e. The van der Waals surface area contributed by atoms with Crippen molar-refractivity contribution in [3.63, 3.8) is 0 Å². The number of carbonyl (C=O) groups excluding carboxylic acids is 1. The molecule has 2 aromatic rings. The first-order chi connectivity index (χ1) is 16.2. The zero-order chi connectivity index (χ0) is 25.1. The molecule has 0 radical (unpaired) electrons. The Morgan fingerprint density at radius 2 is 1.76 bits per heavy atom. The lowest BCUT2D eigenvalue weighted by atomic mass is 10.2. The smallest absolute Gasteiger partial charge is 0.261 e. The fourth-order valence-corrected chi connectivity index (χ4v) is 4.74. The van der Waals surface area contributed by atoms with Crippen LogP contribution in [0.25, 0.3) is 0 Å². The van der Waals surface area contributed by atoms with Crippen LogP contribution in [0, 0.1) is 0 Å². The van der Waals surface area contributed by atoms with Gasteiger partial charge in [-0.05, 0) is 54.7 Å². The molecule has 2 aromatic carbocycles. The number of sulfonamides is 1. The standard InChI is InChI=1S/C23H26BrN3O5S2/c1-4-12-27(13-5-2)34(29,30)19-9-7-18(8-10-19)25-23(33)26-22(28)20-16-17(24)6-11-21(20)32-15-14-31-3/h4-11,16H,1-2,12-15H2,3H3,(H2,25,26,28,33). The first-order valence-electron chi connectivity index (χ1n) is 10.1. The molecule has 0 unspecified atom stereocenters. The van der Waals surface area contributed by atoms with Crippen molar-refractivity contribution >= 4 is 54.9 Å². The molecule has 0 heterocycles. The van der Waals surface area contributed by atoms with E-state index in [-0.39, 0.29) is 29.7 Å². The molecule has 11 heteroatoms. The van der Waals surface area contributed by atoms with Gasteiger partial charge in [0.1, 0.15) is 12.4 Å². The van der Waals surface area contributed by atoms with Crippen molar-refractivity contribution < 1.29 is 22.7 Å². The summed E-state index contributed by atoms with van der Waals surface area (Å²) in [6.07, 6.45) is 3.02. The van der Waals surface area contributed by atoms with Gasteiger partial charge in [-0.3, -0.25) is 10.1 Å². The highest BCUT2D eigenvalue weighted by atomic mass is 79.9. The molecule has 0 aliphatic rings. The molecule has 0 aliphatic heterocycles. The zero-order valence-electron chi connectivity index (χ0n) is 18.6. The van der Waals surface area contributed by atoms with Crippen molar-refractivity contribution in [2.75, 3.05) is 38.7 Å². The van der Waals surface area contributed by atoms with E-state index < -0.39 is 15.9 Å². The monoisotopic (exact) mass is 567 g/mol. The fraction of sp³-hybridized carbons (Fsp3) is 0.217. The molecule has 1 amide bonds. The summed E-state index contributed by atoms with van der Waals surface area (Å²) in [4.78, 5) is 12.9. The van der Waals surface area contributed by atoms with Gasteiger partial charge in [-0.15, -0.1) is 13.2 Å². The quantitative estimate of drug-likeness (QED) is 0.227. The van der Waals surface area contributed by atoms with Gasteiger partial charge in [-0.25, -0.2) is 8.42 Å². The number of hydrogen-bond acceptors (Lipinski definition) is 6. The van der Waals surface area contributed by atoms with Crippen LogP contribution in [0.1, 0.15) is 10.4 Å². The Kier molecular flexibility index (Phi) is 10.9. The summed E-state index contributed by atoms with van der Waals surface area (Å²) in [6, 6.07) is 11.1. The number of nitrogens with one attached hydrogen (secondary N) is 2. The molecule has 0 spiro atoms. The van der Waals surface area contributed by atoms with Crippen molar-refractivity contribution in [3.8, 4) is 5.75 Å². The van der Waals surface area contributed by atoms with Gasteiger partial charge in [0.15, 0.2) is 5.11 Å². The van der Waals surface area contributed by atoms with Crippen molar-refractivity contribution in [2.24, 2.45) is 0 Å². The van der Waals surface area contributed by atoms with E-state index in [0.717, 1.165) is 0 Å². The Bertz CT molecular complexity index is 1130. The summed E-state index contributed by atoms with van der Waals surface area (Å²) in [5, 5.41) is 5.52. The third-order valence-corrected chi connectivity index (χ3v) is 6.92. The summed E-state index contributed by atoms with van der Waals surface area (Å²) < 4.78 is 38.1. The molecule has 0 atom stereocenters. The number of thiocarbonyl (C=S) groups is 1. The van der Waals surface area contributed by atoms with Crippen molar-refractivity contribution in [1.82, 2.24) is 9.62 Å². The molecule has 0 aliphatic carbocycles. The van der Waals surface area contributed by atoms with E-state index >= 15 is 0 Å². The predicted octanol–water partition coefficient (Wildman–Crippen LogP) is 3.96. The molecule has 2 N–H and O–H groups in total. The van der Waals surface area contributed by atoms with Gasteiger partial charge in [-0.2, -0.15) is 4.31 Å². The molecular weight excluding hydrogens is 542 g/mol. The average molecular weight is 569 g/mol. The average Bonchev–Trinajstić information content (AvgIpc) is 2.80. The number of anilines is 1. The van der Waals surface area contributed by atoms with Gasteiger partial charge in [0.2, 0.25) is 10.0 Å². The lowest BCUT2D eigenvalue weighted by Gasteiger charge is -2.19. The Labute approximate surface area is 213 Å². The summed E-state index contributed by atoms with van der Waals surface area (Å²) in [5.74, 6) is -0.0754. The van der Waals surface area contributed by atoms with Gasteiger partial charge in [0.25, 0.3) is 5.91 Å². The van der Waals surface area contributed by atoms with E-state index in [0.29, 0.717) is 28.1 Å². The predicted molar refractivity (Wildman–Crippen MR) is 141 cm³/mol. The molecule has 34 heavy (non-hydrogen) atoms. The third-order valence-electron chi connectivity index (χ3n) is 4.37. The minimum absolute atomic E-state index is 0.0448. The van der Waals surface area contributed by atoms with E-state index in [4.69, 9.17) is 21.7 Å². The maximum absolute atomic E-state index is 12.8. The van der Waals surface area contributed by atoms with E-state index in [9.17, 15) is 13.2 Å². The lowest BCUT2D eigenvalue weighted by molar-refractivity contribution is 0.0969. The molecule has 0 saturated heterocycles. The Balaban J connectivity index is 2.08. The van der Waals surface area contributed by atoms with Crippen LogP contribution < -0.4 is 15.4 Å². The summed E-state index contributed by atoms with van der Waals surface area (Å²) >= 11 is 8.59. The van der Waals surface area contributed by atoms with E-state index in [2.05, 4.69) is 39.7 Å². The molecule has 0 saturated carbocycles. The van der Waals surface area contributed by atoms with Crippen LogP contribution in [0.4, 0.5) is 5.69 Å². The minimum Gasteiger partial charge on any atom is -0.490 e. The topological polar surface area (TPSA) is 97.0 Å². The summed E-state index contributed by atoms with van der Waals surface area (Å²) in [7, 11) is -2.15. The molecule has 8 nitrogen and oxygen atoms in total. The highest BCUT2D eigenvalue weighted by Gasteiger charge is 2.22. The number of halogens is 1. The summed E-state index contributed by atoms with van der Waals surface area (Å²) in [6.45, 7) is 8.18. The van der Waals surface area contributed by atoms with E-state index in [1.807, 2.05) is 0 Å². The van der Waals surface area contributed by atoms with Gasteiger partial charge in [0, 0.05) is 30.4 Å². The van der Waals surface area contributed by atoms with Gasteiger partial charge >= 0.3 is 0 Å². The van der Waals surface area contributed by atoms with Gasteiger partial charge in [-0.1, -0.05) is 28.1 Å². The van der Waals surface area contributed by atoms with Crippen LogP contribution in [0.15, 0.2) is 77.1 Å². The third kappa shape index (κ3) is 7.74. The zero-order valence-corrected chi connectivity index (χ0v) is 21.8. The largest absolute Gasteiger partial charge is 0.490 e. The second-order valence-corrected chi connectivity index (χ2v) is 10.1. The van der Waals surface area contributed by atoms with Crippen LogP contribution in [-0.2, 0) is 14.8 Å². The number of hydrogen-bond donors (Lipinski definition) is 2. The first-order valence-corrected chi connectivity index (χ1v) is 12.7. The molecule has 0 fully saturated rings. The number of methoxy groups -OCH3 is 1. The fourth-order valence-electron chi connectivity index (χ4n) is 2.79. The number of ether oxygens (including phenoxy) is 2. The van der Waals surface area contributed by atoms with E-state index in [1.165, 1.54) is 28.6 Å². The number of carbonyl (C=O) groups is 1. The number of amides is 1. The lowest BCUT2D eigenvalue weighted by Crippen LogP contribution is -2.34.